The average Bonchev–Trinajstić information content (AvgIpc) is 2.96. The van der Waals surface area contributed by atoms with Crippen molar-refractivity contribution in [2.75, 3.05) is 6.61 Å². The molecule has 178 valence electrons. The zero-order valence-corrected chi connectivity index (χ0v) is 18.2. The molecule has 3 aliphatic rings. The van der Waals surface area contributed by atoms with Crippen molar-refractivity contribution in [1.29, 1.82) is 0 Å². The maximum Gasteiger partial charge on any atom is 0.476 e. The van der Waals surface area contributed by atoms with Crippen molar-refractivity contribution < 1.29 is 41.2 Å². The Balaban J connectivity index is 1.45. The molecule has 0 bridgehead atoms. The second-order valence-corrected chi connectivity index (χ2v) is 9.96. The van der Waals surface area contributed by atoms with Crippen molar-refractivity contribution in [2.24, 2.45) is 5.73 Å². The molecule has 6 atom stereocenters. The average molecular weight is 481 g/mol. The monoisotopic (exact) mass is 481 g/mol. The van der Waals surface area contributed by atoms with Gasteiger partial charge in [-0.25, -0.2) is 18.1 Å². The number of esters is 1. The highest BCUT2D eigenvalue weighted by atomic mass is 31.2. The fourth-order valence-electron chi connectivity index (χ4n) is 4.01. The van der Waals surface area contributed by atoms with Crippen LogP contribution in [-0.4, -0.2) is 57.5 Å². The number of ether oxygens (including phenoxy) is 2. The molecule has 3 heterocycles. The molecule has 0 radical (unpaired) electrons. The molecule has 4 rings (SSSR count). The van der Waals surface area contributed by atoms with Gasteiger partial charge in [0.05, 0.1) is 11.6 Å². The van der Waals surface area contributed by atoms with Gasteiger partial charge < -0.3 is 15.2 Å². The van der Waals surface area contributed by atoms with E-state index in [1.807, 2.05) is 0 Å². The van der Waals surface area contributed by atoms with Gasteiger partial charge in [-0.15, -0.1) is 0 Å². The number of carbonyl (C=O) groups excluding carboxylic acids is 1. The number of phosphoric ester groups is 1. The Hall–Kier alpha value is -1.96. The SMILES string of the molecule is CC(C)OC(=O)CC(F)(F)CO[P@@]1(=O)OC2[C@H]3O[C@@H](n4ccc(=O)[nH]c4=O)[C@](C)(N)[C@@]23O1. The van der Waals surface area contributed by atoms with Crippen LogP contribution in [0.15, 0.2) is 21.9 Å². The Labute approximate surface area is 179 Å². The van der Waals surface area contributed by atoms with Crippen LogP contribution in [0.3, 0.4) is 0 Å². The van der Waals surface area contributed by atoms with Crippen LogP contribution in [-0.2, 0) is 32.4 Å². The summed E-state index contributed by atoms with van der Waals surface area (Å²) in [5.41, 5.74) is 1.92. The lowest BCUT2D eigenvalue weighted by Gasteiger charge is -2.33. The summed E-state index contributed by atoms with van der Waals surface area (Å²) in [5, 5.41) is 0. The fraction of sp³-hybridized carbons (Fsp3) is 0.706. The first-order chi connectivity index (χ1) is 14.7. The first kappa shape index (κ1) is 23.2. The second kappa shape index (κ2) is 7.27. The topological polar surface area (TPSA) is 161 Å². The number of fused-ring (bicyclic) bond motifs is 1. The van der Waals surface area contributed by atoms with E-state index in [2.05, 4.69) is 9.72 Å². The molecule has 15 heteroatoms. The van der Waals surface area contributed by atoms with Crippen LogP contribution in [0.25, 0.3) is 0 Å². The van der Waals surface area contributed by atoms with Crippen molar-refractivity contribution in [3.63, 3.8) is 0 Å². The zero-order chi connectivity index (χ0) is 23.7. The van der Waals surface area contributed by atoms with Crippen LogP contribution >= 0.6 is 7.82 Å². The molecule has 1 spiro atoms. The molecule has 1 aromatic heterocycles. The standard InChI is InChI=1S/C17H22F2N3O9P/c1-8(2)28-10(24)6-16(18,19)7-27-32(26)30-12-11-17(12,31-32)15(3,20)13(29-11)22-5-4-9(23)21-14(22)25/h4-5,8,11-13H,6-7,20H2,1-3H3,(H,21,23,25)/t11-,12?,13-,15+,17+,32+/m1/s1. The smallest absolute Gasteiger partial charge is 0.463 e. The summed E-state index contributed by atoms with van der Waals surface area (Å²) in [5.74, 6) is -4.83. The van der Waals surface area contributed by atoms with Crippen LogP contribution in [0, 0.1) is 0 Å². The van der Waals surface area contributed by atoms with Crippen LogP contribution in [0.5, 0.6) is 0 Å². The van der Waals surface area contributed by atoms with Gasteiger partial charge in [-0.05, 0) is 20.8 Å². The largest absolute Gasteiger partial charge is 0.476 e. The summed E-state index contributed by atoms with van der Waals surface area (Å²) in [6.07, 6.45) is -3.62. The number of alkyl halides is 2. The number of hydrogen-bond acceptors (Lipinski definition) is 10. The first-order valence-electron chi connectivity index (χ1n) is 9.68. The van der Waals surface area contributed by atoms with E-state index in [9.17, 15) is 27.7 Å². The summed E-state index contributed by atoms with van der Waals surface area (Å²) in [4.78, 5) is 37.0. The number of nitrogens with one attached hydrogen (secondary N) is 1. The number of H-pyrrole nitrogens is 1. The third kappa shape index (κ3) is 3.64. The molecule has 32 heavy (non-hydrogen) atoms. The van der Waals surface area contributed by atoms with Crippen LogP contribution in [0.1, 0.15) is 33.4 Å². The Morgan fingerprint density at radius 1 is 1.41 bits per heavy atom. The molecule has 0 amide bonds. The van der Waals surface area contributed by atoms with E-state index in [0.717, 1.165) is 10.6 Å². The number of nitrogens with two attached hydrogens (primary N) is 1. The number of phosphoric acid groups is 1. The maximum absolute atomic E-state index is 14.1. The number of carbonyl (C=O) groups is 1. The third-order valence-corrected chi connectivity index (χ3v) is 6.91. The van der Waals surface area contributed by atoms with Gasteiger partial charge in [-0.3, -0.25) is 32.7 Å². The number of halogens is 2. The fourth-order valence-corrected chi connectivity index (χ4v) is 5.83. The van der Waals surface area contributed by atoms with Gasteiger partial charge in [-0.2, -0.15) is 0 Å². The first-order valence-corrected chi connectivity index (χ1v) is 11.1. The van der Waals surface area contributed by atoms with Gasteiger partial charge in [0.1, 0.15) is 25.2 Å². The van der Waals surface area contributed by atoms with Crippen LogP contribution in [0.4, 0.5) is 8.78 Å². The molecular weight excluding hydrogens is 459 g/mol. The predicted molar refractivity (Wildman–Crippen MR) is 101 cm³/mol. The van der Waals surface area contributed by atoms with Crippen molar-refractivity contribution in [2.45, 2.75) is 68.8 Å². The highest BCUT2D eigenvalue weighted by molar-refractivity contribution is 7.48. The van der Waals surface area contributed by atoms with E-state index in [-0.39, 0.29) is 0 Å². The second-order valence-electron chi connectivity index (χ2n) is 8.41. The minimum atomic E-state index is -4.48. The summed E-state index contributed by atoms with van der Waals surface area (Å²) in [7, 11) is -4.48. The summed E-state index contributed by atoms with van der Waals surface area (Å²) < 4.78 is 67.8. The van der Waals surface area contributed by atoms with Crippen molar-refractivity contribution in [1.82, 2.24) is 9.55 Å². The zero-order valence-electron chi connectivity index (χ0n) is 17.3. The molecular formula is C17H22F2N3O9P. The van der Waals surface area contributed by atoms with E-state index >= 15 is 0 Å². The summed E-state index contributed by atoms with van der Waals surface area (Å²) >= 11 is 0. The molecule has 1 aliphatic carbocycles. The highest BCUT2D eigenvalue weighted by Gasteiger charge is 2.89. The molecule has 12 nitrogen and oxygen atoms in total. The number of rotatable bonds is 7. The van der Waals surface area contributed by atoms with E-state index in [1.54, 1.807) is 0 Å². The molecule has 0 aromatic carbocycles. The lowest BCUT2D eigenvalue weighted by Crippen LogP contribution is -2.57. The van der Waals surface area contributed by atoms with Gasteiger partial charge in [0.2, 0.25) is 0 Å². The van der Waals surface area contributed by atoms with E-state index in [4.69, 9.17) is 24.0 Å². The molecule has 1 saturated carbocycles. The maximum atomic E-state index is 14.1. The van der Waals surface area contributed by atoms with Gasteiger partial charge in [-0.1, -0.05) is 0 Å². The Kier molecular flexibility index (Phi) is 5.27. The van der Waals surface area contributed by atoms with Crippen molar-refractivity contribution in [3.8, 4) is 0 Å². The normalized spacial score (nSPS) is 37.9. The van der Waals surface area contributed by atoms with E-state index < -0.39 is 79.7 Å². The highest BCUT2D eigenvalue weighted by Crippen LogP contribution is 2.77. The lowest BCUT2D eigenvalue weighted by atomic mass is 9.92. The minimum absolute atomic E-state index is 0.574. The quantitative estimate of drug-likeness (QED) is 0.412. The lowest BCUT2D eigenvalue weighted by molar-refractivity contribution is -0.157. The van der Waals surface area contributed by atoms with Gasteiger partial charge in [0, 0.05) is 12.3 Å². The number of hydrogen-bond donors (Lipinski definition) is 2. The van der Waals surface area contributed by atoms with Gasteiger partial charge >= 0.3 is 19.5 Å². The van der Waals surface area contributed by atoms with E-state index in [1.165, 1.54) is 27.0 Å². The Morgan fingerprint density at radius 3 is 2.72 bits per heavy atom. The number of aromatic nitrogens is 2. The van der Waals surface area contributed by atoms with Crippen LogP contribution in [0.2, 0.25) is 0 Å². The molecule has 2 saturated heterocycles. The molecule has 3 N–H and O–H groups in total. The summed E-state index contributed by atoms with van der Waals surface area (Å²) in [6.45, 7) is 3.05. The van der Waals surface area contributed by atoms with Crippen molar-refractivity contribution in [3.05, 3.63) is 33.1 Å². The van der Waals surface area contributed by atoms with E-state index in [0.29, 0.717) is 0 Å². The Bertz CT molecular complexity index is 1100. The minimum Gasteiger partial charge on any atom is -0.463 e. The number of nitrogens with zero attached hydrogens (tertiary/aromatic N) is 1. The van der Waals surface area contributed by atoms with Crippen molar-refractivity contribution >= 4 is 13.8 Å². The Morgan fingerprint density at radius 2 is 2.09 bits per heavy atom. The molecule has 1 unspecified atom stereocenters. The molecule has 1 aromatic rings. The number of aromatic amines is 1. The van der Waals surface area contributed by atoms with Crippen LogP contribution < -0.4 is 17.0 Å². The molecule has 3 fully saturated rings. The van der Waals surface area contributed by atoms with Gasteiger partial charge in [0.25, 0.3) is 11.5 Å². The summed E-state index contributed by atoms with van der Waals surface area (Å²) in [6, 6.07) is 1.09. The van der Waals surface area contributed by atoms with Gasteiger partial charge in [0.15, 0.2) is 11.8 Å². The molecule has 2 aliphatic heterocycles. The third-order valence-electron chi connectivity index (χ3n) is 5.45. The predicted octanol–water partition coefficient (Wildman–Crippen LogP) is 0.421.